The second-order valence-electron chi connectivity index (χ2n) is 14.8. The standard InChI is InChI=1S/C52H29N3O2/c1-2-14-30(15-3-1)39-29-45-46(34-19-7-6-18-33(34)39)38-26-27-43-48(50(38)57-45)36-21-9-12-24-42(36)55(43)52-53-41-23-11-8-20-35(41)49(54-52)40-28-31-16-4-5-17-32(31)47-37-22-10-13-25-44(37)56-51(40)47/h1-29H. The molecule has 0 spiro atoms. The van der Waals surface area contributed by atoms with Crippen LogP contribution in [0.5, 0.6) is 0 Å². The Bertz CT molecular complexity index is 3820. The number of aromatic nitrogens is 3. The normalized spacial score (nSPS) is 12.2. The van der Waals surface area contributed by atoms with E-state index in [2.05, 4.69) is 162 Å². The minimum absolute atomic E-state index is 0.583. The van der Waals surface area contributed by atoms with Gasteiger partial charge >= 0.3 is 0 Å². The van der Waals surface area contributed by atoms with Crippen LogP contribution in [0.3, 0.4) is 0 Å². The van der Waals surface area contributed by atoms with Crippen molar-refractivity contribution in [2.75, 3.05) is 0 Å². The Balaban J connectivity index is 1.13. The minimum Gasteiger partial charge on any atom is -0.455 e. The monoisotopic (exact) mass is 727 g/mol. The molecule has 0 saturated carbocycles. The molecule has 0 radical (unpaired) electrons. The van der Waals surface area contributed by atoms with Crippen LogP contribution in [-0.2, 0) is 0 Å². The molecule has 13 rings (SSSR count). The molecule has 0 saturated heterocycles. The van der Waals surface area contributed by atoms with E-state index in [9.17, 15) is 0 Å². The van der Waals surface area contributed by atoms with Gasteiger partial charge in [0.05, 0.1) is 27.6 Å². The summed E-state index contributed by atoms with van der Waals surface area (Å²) in [6, 6.07) is 61.6. The first-order valence-electron chi connectivity index (χ1n) is 19.2. The third-order valence-corrected chi connectivity index (χ3v) is 11.8. The van der Waals surface area contributed by atoms with E-state index in [4.69, 9.17) is 18.8 Å². The molecular weight excluding hydrogens is 699 g/mol. The first kappa shape index (κ1) is 30.6. The van der Waals surface area contributed by atoms with Gasteiger partial charge in [-0.3, -0.25) is 4.57 Å². The van der Waals surface area contributed by atoms with Crippen LogP contribution in [0.2, 0.25) is 0 Å². The Morgan fingerprint density at radius 2 is 1.07 bits per heavy atom. The topological polar surface area (TPSA) is 57.0 Å². The van der Waals surface area contributed by atoms with Crippen LogP contribution < -0.4 is 0 Å². The molecule has 0 aliphatic heterocycles. The van der Waals surface area contributed by atoms with E-state index >= 15 is 0 Å². The van der Waals surface area contributed by atoms with E-state index < -0.39 is 0 Å². The Morgan fingerprint density at radius 1 is 0.386 bits per heavy atom. The van der Waals surface area contributed by atoms with Gasteiger partial charge in [0.15, 0.2) is 0 Å². The highest BCUT2D eigenvalue weighted by molar-refractivity contribution is 6.29. The summed E-state index contributed by atoms with van der Waals surface area (Å²) in [5.74, 6) is 0.583. The third-order valence-electron chi connectivity index (χ3n) is 11.8. The maximum absolute atomic E-state index is 7.01. The predicted molar refractivity (Wildman–Crippen MR) is 234 cm³/mol. The molecule has 0 aliphatic carbocycles. The van der Waals surface area contributed by atoms with Crippen molar-refractivity contribution < 1.29 is 8.83 Å². The Hall–Kier alpha value is -7.76. The summed E-state index contributed by atoms with van der Waals surface area (Å²) < 4.78 is 15.9. The summed E-state index contributed by atoms with van der Waals surface area (Å²) >= 11 is 0. The summed E-state index contributed by atoms with van der Waals surface area (Å²) in [7, 11) is 0. The van der Waals surface area contributed by atoms with Crippen LogP contribution in [0.25, 0.3) is 126 Å². The van der Waals surface area contributed by atoms with Crippen LogP contribution in [0.1, 0.15) is 0 Å². The number of furan rings is 2. The zero-order chi connectivity index (χ0) is 37.2. The molecule has 0 aliphatic rings. The van der Waals surface area contributed by atoms with Crippen molar-refractivity contribution in [1.82, 2.24) is 14.5 Å². The SMILES string of the molecule is c1ccc(-c2cc3oc4c(ccc5c4c4ccccc4n5-c4nc(-c5cc6ccccc6c6c5oc5ccccc56)c5ccccc5n4)c3c3ccccc23)cc1. The zero-order valence-electron chi connectivity index (χ0n) is 30.4. The highest BCUT2D eigenvalue weighted by Gasteiger charge is 2.24. The van der Waals surface area contributed by atoms with E-state index in [1.54, 1.807) is 0 Å². The molecule has 4 aromatic heterocycles. The number of hydrogen-bond donors (Lipinski definition) is 0. The lowest BCUT2D eigenvalue weighted by molar-refractivity contribution is 0.670. The summed E-state index contributed by atoms with van der Waals surface area (Å²) in [4.78, 5) is 10.8. The van der Waals surface area contributed by atoms with Gasteiger partial charge in [0, 0.05) is 37.9 Å². The maximum Gasteiger partial charge on any atom is 0.235 e. The van der Waals surface area contributed by atoms with Crippen LogP contribution in [0, 0.1) is 0 Å². The van der Waals surface area contributed by atoms with E-state index in [-0.39, 0.29) is 0 Å². The van der Waals surface area contributed by atoms with Crippen molar-refractivity contribution in [1.29, 1.82) is 0 Å². The van der Waals surface area contributed by atoms with E-state index in [1.165, 1.54) is 10.8 Å². The lowest BCUT2D eigenvalue weighted by Crippen LogP contribution is -2.03. The Labute approximate surface area is 324 Å². The molecule has 13 aromatic rings. The summed E-state index contributed by atoms with van der Waals surface area (Å²) in [6.07, 6.45) is 0. The van der Waals surface area contributed by atoms with Crippen LogP contribution in [0.15, 0.2) is 185 Å². The van der Waals surface area contributed by atoms with E-state index in [0.717, 1.165) is 110 Å². The van der Waals surface area contributed by atoms with Crippen molar-refractivity contribution in [3.63, 3.8) is 0 Å². The number of benzene rings is 9. The molecule has 0 atom stereocenters. The predicted octanol–water partition coefficient (Wildman–Crippen LogP) is 14.2. The average molecular weight is 728 g/mol. The smallest absolute Gasteiger partial charge is 0.235 e. The second-order valence-corrected chi connectivity index (χ2v) is 14.8. The highest BCUT2D eigenvalue weighted by atomic mass is 16.3. The molecule has 264 valence electrons. The van der Waals surface area contributed by atoms with Gasteiger partial charge in [0.25, 0.3) is 0 Å². The van der Waals surface area contributed by atoms with Gasteiger partial charge in [-0.05, 0) is 75.1 Å². The number of hydrogen-bond acceptors (Lipinski definition) is 4. The Kier molecular flexibility index (Phi) is 6.10. The largest absolute Gasteiger partial charge is 0.455 e. The molecule has 0 fully saturated rings. The molecule has 0 bridgehead atoms. The van der Waals surface area contributed by atoms with Crippen molar-refractivity contribution in [3.8, 4) is 28.3 Å². The molecule has 5 heteroatoms. The molecule has 0 amide bonds. The fourth-order valence-corrected chi connectivity index (χ4v) is 9.34. The first-order valence-corrected chi connectivity index (χ1v) is 19.2. The lowest BCUT2D eigenvalue weighted by atomic mass is 9.95. The average Bonchev–Trinajstić information content (AvgIpc) is 3.96. The fourth-order valence-electron chi connectivity index (χ4n) is 9.34. The fraction of sp³-hybridized carbons (Fsp3) is 0. The van der Waals surface area contributed by atoms with Crippen LogP contribution in [-0.4, -0.2) is 14.5 Å². The van der Waals surface area contributed by atoms with Crippen molar-refractivity contribution in [2.45, 2.75) is 0 Å². The molecule has 4 heterocycles. The number of para-hydroxylation sites is 3. The highest BCUT2D eigenvalue weighted by Crippen LogP contribution is 2.46. The van der Waals surface area contributed by atoms with Gasteiger partial charge in [-0.25, -0.2) is 9.97 Å². The molecule has 5 nitrogen and oxygen atoms in total. The number of nitrogens with zero attached hydrogens (tertiary/aromatic N) is 3. The lowest BCUT2D eigenvalue weighted by Gasteiger charge is -2.13. The summed E-state index contributed by atoms with van der Waals surface area (Å²) in [5, 5.41) is 12.1. The zero-order valence-corrected chi connectivity index (χ0v) is 30.4. The summed E-state index contributed by atoms with van der Waals surface area (Å²) in [6.45, 7) is 0. The van der Waals surface area contributed by atoms with Gasteiger partial charge in [0.2, 0.25) is 5.95 Å². The molecule has 0 unspecified atom stereocenters. The van der Waals surface area contributed by atoms with Gasteiger partial charge in [-0.15, -0.1) is 0 Å². The molecule has 0 N–H and O–H groups in total. The van der Waals surface area contributed by atoms with Gasteiger partial charge in [0.1, 0.15) is 22.3 Å². The third kappa shape index (κ3) is 4.23. The van der Waals surface area contributed by atoms with Crippen molar-refractivity contribution in [3.05, 3.63) is 176 Å². The van der Waals surface area contributed by atoms with Gasteiger partial charge in [-0.2, -0.15) is 0 Å². The van der Waals surface area contributed by atoms with E-state index in [0.29, 0.717) is 5.95 Å². The van der Waals surface area contributed by atoms with Gasteiger partial charge < -0.3 is 8.83 Å². The first-order chi connectivity index (χ1) is 28.3. The number of rotatable bonds is 3. The maximum atomic E-state index is 7.01. The minimum atomic E-state index is 0.583. The number of fused-ring (bicyclic) bond motifs is 15. The molecular formula is C52H29N3O2. The van der Waals surface area contributed by atoms with Crippen molar-refractivity contribution in [2.24, 2.45) is 0 Å². The Morgan fingerprint density at radius 3 is 1.95 bits per heavy atom. The second kappa shape index (κ2) is 11.4. The van der Waals surface area contributed by atoms with Crippen LogP contribution in [0.4, 0.5) is 0 Å². The summed E-state index contributed by atoms with van der Waals surface area (Å²) in [5.41, 5.74) is 10.3. The quantitative estimate of drug-likeness (QED) is 0.182. The molecule has 57 heavy (non-hydrogen) atoms. The van der Waals surface area contributed by atoms with Gasteiger partial charge in [-0.1, -0.05) is 133 Å². The molecule has 9 aromatic carbocycles. The van der Waals surface area contributed by atoms with Crippen LogP contribution >= 0.6 is 0 Å². The van der Waals surface area contributed by atoms with Crippen molar-refractivity contribution >= 4 is 98.1 Å². The van der Waals surface area contributed by atoms with E-state index in [1.807, 2.05) is 18.2 Å².